The molecule has 0 amide bonds. The summed E-state index contributed by atoms with van der Waals surface area (Å²) in [5.74, 6) is 0.684. The zero-order valence-corrected chi connectivity index (χ0v) is 9.16. The third-order valence-electron chi connectivity index (χ3n) is 4.12. The van der Waals surface area contributed by atoms with Crippen LogP contribution in [-0.4, -0.2) is 12.6 Å². The first kappa shape index (κ1) is 9.17. The maximum absolute atomic E-state index is 3.58. The number of hydrogen-bond donors (Lipinski definition) is 1. The maximum atomic E-state index is 3.58. The molecule has 1 N–H and O–H groups in total. The van der Waals surface area contributed by atoms with Gasteiger partial charge in [0, 0.05) is 11.5 Å². The summed E-state index contributed by atoms with van der Waals surface area (Å²) in [4.78, 5) is 0. The highest BCUT2D eigenvalue weighted by molar-refractivity contribution is 5.42. The quantitative estimate of drug-likeness (QED) is 0.686. The lowest BCUT2D eigenvalue weighted by atomic mass is 9.76. The van der Waals surface area contributed by atoms with Crippen LogP contribution in [0.3, 0.4) is 0 Å². The molecule has 1 aromatic carbocycles. The van der Waals surface area contributed by atoms with Crippen LogP contribution in [0, 0.1) is 0 Å². The first-order chi connectivity index (χ1) is 7.36. The van der Waals surface area contributed by atoms with Crippen LogP contribution in [0.15, 0.2) is 36.4 Å². The summed E-state index contributed by atoms with van der Waals surface area (Å²) in [6.45, 7) is 0. The number of hydrogen-bond acceptors (Lipinski definition) is 1. The van der Waals surface area contributed by atoms with E-state index in [1.807, 2.05) is 0 Å². The van der Waals surface area contributed by atoms with Crippen molar-refractivity contribution < 1.29 is 0 Å². The molecule has 0 saturated heterocycles. The van der Waals surface area contributed by atoms with Crippen LogP contribution >= 0.6 is 0 Å². The molecule has 2 aliphatic carbocycles. The second kappa shape index (κ2) is 3.21. The zero-order chi connectivity index (χ0) is 10.3. The van der Waals surface area contributed by atoms with Gasteiger partial charge in [-0.3, -0.25) is 0 Å². The molecule has 0 saturated carbocycles. The van der Waals surface area contributed by atoms with Gasteiger partial charge in [-0.05, 0) is 37.4 Å². The molecule has 15 heavy (non-hydrogen) atoms. The minimum atomic E-state index is 0.304. The molecule has 78 valence electrons. The molecule has 1 aromatic rings. The van der Waals surface area contributed by atoms with E-state index in [0.717, 1.165) is 0 Å². The van der Waals surface area contributed by atoms with E-state index in [-0.39, 0.29) is 0 Å². The molecule has 2 aliphatic rings. The van der Waals surface area contributed by atoms with Crippen molar-refractivity contribution in [3.63, 3.8) is 0 Å². The van der Waals surface area contributed by atoms with Gasteiger partial charge in [0.05, 0.1) is 0 Å². The number of nitrogens with one attached hydrogen (secondary N) is 1. The van der Waals surface area contributed by atoms with Crippen LogP contribution in [-0.2, 0) is 6.42 Å². The second-order valence-electron chi connectivity index (χ2n) is 4.75. The summed E-state index contributed by atoms with van der Waals surface area (Å²) in [6.07, 6.45) is 8.22. The Morgan fingerprint density at radius 3 is 3.00 bits per heavy atom. The summed E-state index contributed by atoms with van der Waals surface area (Å²) >= 11 is 0. The van der Waals surface area contributed by atoms with Crippen LogP contribution in [0.4, 0.5) is 0 Å². The van der Waals surface area contributed by atoms with E-state index in [4.69, 9.17) is 0 Å². The zero-order valence-electron chi connectivity index (χ0n) is 9.16. The van der Waals surface area contributed by atoms with E-state index in [1.54, 1.807) is 11.1 Å². The predicted molar refractivity (Wildman–Crippen MR) is 63.1 cm³/mol. The minimum absolute atomic E-state index is 0.304. The lowest BCUT2D eigenvalue weighted by Gasteiger charge is -2.37. The van der Waals surface area contributed by atoms with E-state index >= 15 is 0 Å². The van der Waals surface area contributed by atoms with Crippen molar-refractivity contribution in [3.05, 3.63) is 47.5 Å². The predicted octanol–water partition coefficient (Wildman–Crippen LogP) is 2.63. The second-order valence-corrected chi connectivity index (χ2v) is 4.75. The van der Waals surface area contributed by atoms with Gasteiger partial charge in [-0.25, -0.2) is 0 Å². The molecular formula is C14H17N. The topological polar surface area (TPSA) is 12.0 Å². The van der Waals surface area contributed by atoms with Gasteiger partial charge in [-0.2, -0.15) is 0 Å². The molecule has 2 atom stereocenters. The van der Waals surface area contributed by atoms with E-state index in [2.05, 4.69) is 48.8 Å². The van der Waals surface area contributed by atoms with Gasteiger partial charge in [0.1, 0.15) is 0 Å². The summed E-state index contributed by atoms with van der Waals surface area (Å²) in [5.41, 5.74) is 3.41. The number of rotatable bonds is 1. The highest BCUT2D eigenvalue weighted by atomic mass is 15.0. The number of fused-ring (bicyclic) bond motifs is 3. The van der Waals surface area contributed by atoms with Gasteiger partial charge < -0.3 is 5.32 Å². The third kappa shape index (κ3) is 1.19. The molecule has 0 radical (unpaired) electrons. The highest BCUT2D eigenvalue weighted by Crippen LogP contribution is 2.46. The summed E-state index contributed by atoms with van der Waals surface area (Å²) in [6, 6.07) is 8.92. The Hall–Kier alpha value is -1.08. The van der Waals surface area contributed by atoms with Crippen molar-refractivity contribution in [3.8, 4) is 0 Å². The standard InChI is InChI=1S/C14H17N/c1-15-14-9-5-4-8-13(14)12-7-3-2-6-11(12)10-14/h2-7,13,15H,8-10H2,1H3/t13-,14-/m1/s1. The number of allylic oxidation sites excluding steroid dienone is 1. The smallest absolute Gasteiger partial charge is 0.0325 e. The van der Waals surface area contributed by atoms with Crippen molar-refractivity contribution in [2.45, 2.75) is 30.7 Å². The Bertz CT molecular complexity index is 408. The Morgan fingerprint density at radius 2 is 2.13 bits per heavy atom. The van der Waals surface area contributed by atoms with Crippen LogP contribution in [0.5, 0.6) is 0 Å². The van der Waals surface area contributed by atoms with E-state index in [0.29, 0.717) is 11.5 Å². The summed E-state index contributed by atoms with van der Waals surface area (Å²) in [5, 5.41) is 3.58. The van der Waals surface area contributed by atoms with Crippen molar-refractivity contribution in [1.29, 1.82) is 0 Å². The highest BCUT2D eigenvalue weighted by Gasteiger charge is 2.44. The molecule has 0 fully saturated rings. The molecule has 0 heterocycles. The van der Waals surface area contributed by atoms with Crippen LogP contribution < -0.4 is 5.32 Å². The van der Waals surface area contributed by atoms with Gasteiger partial charge in [0.2, 0.25) is 0 Å². The fraction of sp³-hybridized carbons (Fsp3) is 0.429. The Morgan fingerprint density at radius 1 is 1.27 bits per heavy atom. The average Bonchev–Trinajstić information content (AvgIpc) is 2.64. The Kier molecular flexibility index (Phi) is 1.96. The van der Waals surface area contributed by atoms with E-state index in [9.17, 15) is 0 Å². The Balaban J connectivity index is 2.10. The van der Waals surface area contributed by atoms with Crippen molar-refractivity contribution in [2.24, 2.45) is 0 Å². The number of likely N-dealkylation sites (N-methyl/N-ethyl adjacent to an activating group) is 1. The lowest BCUT2D eigenvalue weighted by molar-refractivity contribution is 0.298. The molecule has 0 spiro atoms. The number of benzene rings is 1. The maximum Gasteiger partial charge on any atom is 0.0325 e. The van der Waals surface area contributed by atoms with E-state index < -0.39 is 0 Å². The third-order valence-corrected chi connectivity index (χ3v) is 4.12. The van der Waals surface area contributed by atoms with Gasteiger partial charge in [0.15, 0.2) is 0 Å². The summed E-state index contributed by atoms with van der Waals surface area (Å²) in [7, 11) is 2.11. The fourth-order valence-corrected chi connectivity index (χ4v) is 3.25. The van der Waals surface area contributed by atoms with Gasteiger partial charge >= 0.3 is 0 Å². The van der Waals surface area contributed by atoms with Gasteiger partial charge in [-0.1, -0.05) is 36.4 Å². The fourth-order valence-electron chi connectivity index (χ4n) is 3.25. The van der Waals surface area contributed by atoms with E-state index in [1.165, 1.54) is 19.3 Å². The average molecular weight is 199 g/mol. The monoisotopic (exact) mass is 199 g/mol. The summed E-state index contributed by atoms with van der Waals surface area (Å²) < 4.78 is 0. The first-order valence-corrected chi connectivity index (χ1v) is 5.77. The van der Waals surface area contributed by atoms with Crippen molar-refractivity contribution in [1.82, 2.24) is 5.32 Å². The molecule has 0 unspecified atom stereocenters. The van der Waals surface area contributed by atoms with Crippen LogP contribution in [0.1, 0.15) is 29.9 Å². The molecule has 0 bridgehead atoms. The molecule has 3 rings (SSSR count). The molecule has 1 heteroatoms. The SMILES string of the molecule is CN[C@@]12CC=CC[C@@H]1c1ccccc1C2. The van der Waals surface area contributed by atoms with Crippen molar-refractivity contribution in [2.75, 3.05) is 7.05 Å². The van der Waals surface area contributed by atoms with Crippen LogP contribution in [0.25, 0.3) is 0 Å². The lowest BCUT2D eigenvalue weighted by Crippen LogP contribution is -2.47. The van der Waals surface area contributed by atoms with Crippen molar-refractivity contribution >= 4 is 0 Å². The Labute approximate surface area is 91.2 Å². The molecular weight excluding hydrogens is 182 g/mol. The van der Waals surface area contributed by atoms with Crippen LogP contribution in [0.2, 0.25) is 0 Å². The molecule has 0 aliphatic heterocycles. The molecule has 1 nitrogen and oxygen atoms in total. The normalized spacial score (nSPS) is 32.5. The largest absolute Gasteiger partial charge is 0.313 e. The minimum Gasteiger partial charge on any atom is -0.313 e. The van der Waals surface area contributed by atoms with Gasteiger partial charge in [0.25, 0.3) is 0 Å². The molecule has 0 aromatic heterocycles. The first-order valence-electron chi connectivity index (χ1n) is 5.77. The van der Waals surface area contributed by atoms with Gasteiger partial charge in [-0.15, -0.1) is 0 Å².